The van der Waals surface area contributed by atoms with Crippen LogP contribution in [0.15, 0.2) is 78.9 Å². The summed E-state index contributed by atoms with van der Waals surface area (Å²) in [6, 6.07) is 26.9. The monoisotopic (exact) mass is 644 g/mol. The molecular weight excluding hydrogens is 604 g/mol. The van der Waals surface area contributed by atoms with E-state index >= 15 is 0 Å². The molecule has 7 rings (SSSR count). The Bertz CT molecular complexity index is 1830. The smallest absolute Gasteiger partial charge is 0.232 e. The van der Waals surface area contributed by atoms with Crippen molar-refractivity contribution in [1.82, 2.24) is 29.9 Å². The van der Waals surface area contributed by atoms with Crippen LogP contribution in [-0.4, -0.2) is 62.4 Å². The Morgan fingerprint density at radius 1 is 0.729 bits per heavy atom. The van der Waals surface area contributed by atoms with E-state index in [0.717, 1.165) is 66.8 Å². The highest BCUT2D eigenvalue weighted by molar-refractivity contribution is 5.48. The minimum absolute atomic E-state index is 0.0584. The van der Waals surface area contributed by atoms with E-state index < -0.39 is 0 Å². The Labute approximate surface area is 280 Å². The van der Waals surface area contributed by atoms with Gasteiger partial charge in [0.25, 0.3) is 0 Å². The molecular formula is C36H40N10O2. The first-order chi connectivity index (χ1) is 23.6. The lowest BCUT2D eigenvalue weighted by Gasteiger charge is -2.41. The van der Waals surface area contributed by atoms with Crippen molar-refractivity contribution in [3.8, 4) is 11.5 Å². The summed E-state index contributed by atoms with van der Waals surface area (Å²) >= 11 is 0. The molecule has 12 heteroatoms. The first-order valence-electron chi connectivity index (χ1n) is 16.6. The first kappa shape index (κ1) is 31.1. The molecule has 0 radical (unpaired) electrons. The molecule has 0 bridgehead atoms. The molecule has 2 aliphatic heterocycles. The van der Waals surface area contributed by atoms with Crippen molar-refractivity contribution in [1.29, 1.82) is 0 Å². The number of ether oxygens (including phenoxy) is 2. The summed E-state index contributed by atoms with van der Waals surface area (Å²) in [5.74, 6) is 5.01. The first-order valence-corrected chi connectivity index (χ1v) is 16.6. The fourth-order valence-corrected chi connectivity index (χ4v) is 6.13. The molecule has 0 aliphatic carbocycles. The topological polar surface area (TPSA) is 140 Å². The highest BCUT2D eigenvalue weighted by Gasteiger charge is 2.31. The number of benzene rings is 3. The number of anilines is 4. The van der Waals surface area contributed by atoms with E-state index in [1.807, 2.05) is 30.3 Å². The molecule has 48 heavy (non-hydrogen) atoms. The van der Waals surface area contributed by atoms with Crippen LogP contribution < -0.4 is 30.3 Å². The SMILES string of the molecule is CCCc1nc(CCc2ccccc2)nc(N2CCN(c3nc(N)nc(NCc4ccc5c(c4)OCO5)n3)CC2Cc2ccccc2)n1. The molecule has 5 aromatic rings. The number of piperazine rings is 1. The zero-order chi connectivity index (χ0) is 32.7. The van der Waals surface area contributed by atoms with Gasteiger partial charge in [-0.15, -0.1) is 0 Å². The molecule has 2 aromatic heterocycles. The number of rotatable bonds is 12. The van der Waals surface area contributed by atoms with E-state index in [0.29, 0.717) is 38.1 Å². The Morgan fingerprint density at radius 3 is 2.27 bits per heavy atom. The summed E-state index contributed by atoms with van der Waals surface area (Å²) < 4.78 is 11.0. The fraction of sp³-hybridized carbons (Fsp3) is 0.333. The van der Waals surface area contributed by atoms with Gasteiger partial charge >= 0.3 is 0 Å². The lowest BCUT2D eigenvalue weighted by molar-refractivity contribution is 0.174. The molecule has 0 spiro atoms. The van der Waals surface area contributed by atoms with Gasteiger partial charge in [0.15, 0.2) is 11.5 Å². The fourth-order valence-electron chi connectivity index (χ4n) is 6.13. The van der Waals surface area contributed by atoms with Gasteiger partial charge in [-0.2, -0.15) is 24.9 Å². The van der Waals surface area contributed by atoms with Crippen LogP contribution >= 0.6 is 0 Å². The number of hydrogen-bond donors (Lipinski definition) is 2. The molecule has 1 atom stereocenters. The number of nitrogens with two attached hydrogens (primary N) is 1. The minimum atomic E-state index is 0.0584. The quantitative estimate of drug-likeness (QED) is 0.195. The van der Waals surface area contributed by atoms with Crippen molar-refractivity contribution in [2.45, 2.75) is 51.6 Å². The van der Waals surface area contributed by atoms with Gasteiger partial charge in [-0.1, -0.05) is 73.7 Å². The van der Waals surface area contributed by atoms with E-state index in [1.54, 1.807) is 0 Å². The number of aromatic nitrogens is 6. The van der Waals surface area contributed by atoms with Crippen molar-refractivity contribution in [2.24, 2.45) is 0 Å². The van der Waals surface area contributed by atoms with Crippen molar-refractivity contribution in [2.75, 3.05) is 47.3 Å². The van der Waals surface area contributed by atoms with Gasteiger partial charge in [0.1, 0.15) is 11.6 Å². The number of nitrogens with zero attached hydrogens (tertiary/aromatic N) is 8. The third-order valence-electron chi connectivity index (χ3n) is 8.54. The van der Waals surface area contributed by atoms with Gasteiger partial charge in [-0.05, 0) is 48.1 Å². The predicted octanol–water partition coefficient (Wildman–Crippen LogP) is 4.66. The molecule has 4 heterocycles. The molecule has 1 unspecified atom stereocenters. The summed E-state index contributed by atoms with van der Waals surface area (Å²) in [5, 5.41) is 3.30. The highest BCUT2D eigenvalue weighted by atomic mass is 16.7. The molecule has 12 nitrogen and oxygen atoms in total. The Balaban J connectivity index is 1.12. The molecule has 1 fully saturated rings. The zero-order valence-electron chi connectivity index (χ0n) is 27.1. The van der Waals surface area contributed by atoms with Crippen LogP contribution in [-0.2, 0) is 32.2 Å². The van der Waals surface area contributed by atoms with E-state index in [2.05, 4.69) is 80.5 Å². The van der Waals surface area contributed by atoms with Gasteiger partial charge in [-0.25, -0.2) is 4.98 Å². The summed E-state index contributed by atoms with van der Waals surface area (Å²) in [6.45, 7) is 4.91. The van der Waals surface area contributed by atoms with Crippen LogP contribution in [0, 0.1) is 0 Å². The normalized spacial score (nSPS) is 15.5. The summed E-state index contributed by atoms with van der Waals surface area (Å²) in [4.78, 5) is 33.1. The van der Waals surface area contributed by atoms with Crippen molar-refractivity contribution >= 4 is 23.8 Å². The minimum Gasteiger partial charge on any atom is -0.454 e. The Morgan fingerprint density at radius 2 is 1.48 bits per heavy atom. The zero-order valence-corrected chi connectivity index (χ0v) is 27.1. The maximum atomic E-state index is 6.21. The van der Waals surface area contributed by atoms with Gasteiger partial charge in [0.05, 0.1) is 6.04 Å². The predicted molar refractivity (Wildman–Crippen MR) is 185 cm³/mol. The number of nitrogens with one attached hydrogen (secondary N) is 1. The van der Waals surface area contributed by atoms with Crippen LogP contribution in [0.2, 0.25) is 0 Å². The van der Waals surface area contributed by atoms with Crippen LogP contribution in [0.4, 0.5) is 23.8 Å². The molecule has 3 aromatic carbocycles. The van der Waals surface area contributed by atoms with Gasteiger partial charge in [-0.3, -0.25) is 0 Å². The number of nitrogen functional groups attached to an aromatic ring is 1. The Hall–Kier alpha value is -5.52. The molecule has 3 N–H and O–H groups in total. The second-order valence-corrected chi connectivity index (χ2v) is 12.0. The lowest BCUT2D eigenvalue weighted by atomic mass is 10.0. The average Bonchev–Trinajstić information content (AvgIpc) is 3.59. The van der Waals surface area contributed by atoms with E-state index in [9.17, 15) is 0 Å². The van der Waals surface area contributed by atoms with Crippen LogP contribution in [0.5, 0.6) is 11.5 Å². The van der Waals surface area contributed by atoms with Gasteiger partial charge < -0.3 is 30.3 Å². The maximum Gasteiger partial charge on any atom is 0.232 e. The van der Waals surface area contributed by atoms with Crippen LogP contribution in [0.3, 0.4) is 0 Å². The summed E-state index contributed by atoms with van der Waals surface area (Å²) in [6.07, 6.45) is 4.22. The van der Waals surface area contributed by atoms with Crippen LogP contribution in [0.25, 0.3) is 0 Å². The molecule has 1 saturated heterocycles. The maximum absolute atomic E-state index is 6.21. The van der Waals surface area contributed by atoms with E-state index in [1.165, 1.54) is 11.1 Å². The second-order valence-electron chi connectivity index (χ2n) is 12.0. The third kappa shape index (κ3) is 7.54. The standard InChI is InChI=1S/C36H40N10O2/c1-2-9-31-39-32(17-15-25-10-5-3-6-11-25)41-36(40-31)46-19-18-45(23-28(46)20-26-12-7-4-8-13-26)35-43-33(37)42-34(44-35)38-22-27-14-16-29-30(21-27)48-24-47-29/h3-8,10-14,16,21,28H,2,9,15,17-20,22-24H2,1H3,(H3,37,38,42,43,44). The average molecular weight is 645 g/mol. The van der Waals surface area contributed by atoms with Gasteiger partial charge in [0.2, 0.25) is 30.6 Å². The molecule has 246 valence electrons. The number of aryl methyl sites for hydroxylation is 3. The van der Waals surface area contributed by atoms with Crippen molar-refractivity contribution < 1.29 is 9.47 Å². The summed E-state index contributed by atoms with van der Waals surface area (Å²) in [7, 11) is 0. The van der Waals surface area contributed by atoms with Gasteiger partial charge in [0, 0.05) is 39.0 Å². The largest absolute Gasteiger partial charge is 0.454 e. The van der Waals surface area contributed by atoms with E-state index in [-0.39, 0.29) is 18.8 Å². The molecule has 2 aliphatic rings. The molecule has 0 amide bonds. The molecule has 0 saturated carbocycles. The highest BCUT2D eigenvalue weighted by Crippen LogP contribution is 2.32. The van der Waals surface area contributed by atoms with Crippen molar-refractivity contribution in [3.63, 3.8) is 0 Å². The Kier molecular flexibility index (Phi) is 9.39. The lowest BCUT2D eigenvalue weighted by Crippen LogP contribution is -2.55. The van der Waals surface area contributed by atoms with Crippen molar-refractivity contribution in [3.05, 3.63) is 107 Å². The number of fused-ring (bicyclic) bond motifs is 1. The second kappa shape index (κ2) is 14.5. The van der Waals surface area contributed by atoms with Crippen LogP contribution in [0.1, 0.15) is 41.7 Å². The van der Waals surface area contributed by atoms with E-state index in [4.69, 9.17) is 35.1 Å². The third-order valence-corrected chi connectivity index (χ3v) is 8.54. The number of hydrogen-bond acceptors (Lipinski definition) is 12. The summed E-state index contributed by atoms with van der Waals surface area (Å²) in [5.41, 5.74) is 9.74.